The number of nitrogens with one attached hydrogen (secondary N) is 4. The van der Waals surface area contributed by atoms with Gasteiger partial charge in [0.05, 0.1) is 28.4 Å². The first-order valence-corrected chi connectivity index (χ1v) is 16.5. The third-order valence-corrected chi connectivity index (χ3v) is 9.96. The van der Waals surface area contributed by atoms with Crippen molar-refractivity contribution in [2.45, 2.75) is 58.5 Å². The van der Waals surface area contributed by atoms with Crippen molar-refractivity contribution in [1.29, 1.82) is 0 Å². The highest BCUT2D eigenvalue weighted by Crippen LogP contribution is 2.35. The molecule has 12 heteroatoms. The number of carbonyl (C=O) groups is 1. The Hall–Kier alpha value is -4.26. The zero-order chi connectivity index (χ0) is 31.9. The summed E-state index contributed by atoms with van der Waals surface area (Å²) in [4.78, 5) is 18.6. The number of benzene rings is 1. The molecule has 0 radical (unpaired) electrons. The van der Waals surface area contributed by atoms with Crippen LogP contribution in [0, 0.1) is 12.7 Å². The van der Waals surface area contributed by atoms with E-state index in [1.54, 1.807) is 48.6 Å². The minimum absolute atomic E-state index is 0.0393. The van der Waals surface area contributed by atoms with Gasteiger partial charge in [-0.2, -0.15) is 0 Å². The van der Waals surface area contributed by atoms with Gasteiger partial charge in [-0.1, -0.05) is 35.4 Å². The highest BCUT2D eigenvalue weighted by molar-refractivity contribution is 7.93. The number of hydrogen-bond acceptors (Lipinski definition) is 9. The summed E-state index contributed by atoms with van der Waals surface area (Å²) in [6.07, 6.45) is 9.66. The van der Waals surface area contributed by atoms with Gasteiger partial charge < -0.3 is 10.1 Å². The van der Waals surface area contributed by atoms with Gasteiger partial charge in [-0.15, -0.1) is 0 Å². The summed E-state index contributed by atoms with van der Waals surface area (Å²) in [6, 6.07) is 7.26. The molecule has 4 aliphatic rings. The third-order valence-electron chi connectivity index (χ3n) is 8.54. The summed E-state index contributed by atoms with van der Waals surface area (Å²) < 4.78 is 48.8. The van der Waals surface area contributed by atoms with E-state index in [2.05, 4.69) is 25.8 Å². The SMILES string of the molecule is CNC1=C(C(=O)[C@H]2CC3=CC(C)=C(NS(=O)(=O)C4=CCCC(C)=C4)C[C@H]3N2)CNN1c1cnc(Oc2ccccc2F)cc1C. The molecule has 45 heavy (non-hydrogen) atoms. The molecule has 0 bridgehead atoms. The van der Waals surface area contributed by atoms with Crippen LogP contribution >= 0.6 is 0 Å². The molecule has 2 aliphatic carbocycles. The fourth-order valence-corrected chi connectivity index (χ4v) is 7.55. The quantitative estimate of drug-likeness (QED) is 0.316. The Balaban J connectivity index is 1.15. The number of sulfonamides is 1. The van der Waals surface area contributed by atoms with E-state index in [0.29, 0.717) is 53.5 Å². The average molecular weight is 633 g/mol. The number of allylic oxidation sites excluding steroid dienone is 5. The molecule has 2 atom stereocenters. The lowest BCUT2D eigenvalue weighted by Gasteiger charge is -2.24. The number of carbonyl (C=O) groups excluding carboxylic acids is 1. The van der Waals surface area contributed by atoms with Gasteiger partial charge in [0.25, 0.3) is 10.0 Å². The minimum atomic E-state index is -3.69. The second kappa shape index (κ2) is 12.3. The van der Waals surface area contributed by atoms with Crippen molar-refractivity contribution in [2.75, 3.05) is 18.6 Å². The van der Waals surface area contributed by atoms with Gasteiger partial charge in [0, 0.05) is 37.8 Å². The summed E-state index contributed by atoms with van der Waals surface area (Å²) in [5, 5.41) is 8.42. The van der Waals surface area contributed by atoms with E-state index < -0.39 is 21.9 Å². The maximum atomic E-state index is 14.1. The van der Waals surface area contributed by atoms with E-state index in [1.807, 2.05) is 26.8 Å². The number of ketones is 1. The molecule has 1 aromatic carbocycles. The zero-order valence-corrected chi connectivity index (χ0v) is 26.5. The number of pyridine rings is 1. The van der Waals surface area contributed by atoms with E-state index >= 15 is 0 Å². The third kappa shape index (κ3) is 6.18. The molecular weight excluding hydrogens is 595 g/mol. The lowest BCUT2D eigenvalue weighted by atomic mass is 9.92. The maximum absolute atomic E-state index is 14.1. The van der Waals surface area contributed by atoms with Crippen molar-refractivity contribution < 1.29 is 22.3 Å². The van der Waals surface area contributed by atoms with Crippen LogP contribution in [0.1, 0.15) is 45.1 Å². The monoisotopic (exact) mass is 632 g/mol. The predicted octanol–water partition coefficient (Wildman–Crippen LogP) is 4.52. The Morgan fingerprint density at radius 3 is 2.69 bits per heavy atom. The van der Waals surface area contributed by atoms with Crippen LogP contribution in [0.15, 0.2) is 93.5 Å². The molecule has 1 saturated heterocycles. The van der Waals surface area contributed by atoms with Gasteiger partial charge in [0.15, 0.2) is 17.3 Å². The van der Waals surface area contributed by atoms with Gasteiger partial charge >= 0.3 is 0 Å². The van der Waals surface area contributed by atoms with Crippen molar-refractivity contribution in [3.8, 4) is 11.6 Å². The number of anilines is 1. The Kier molecular flexibility index (Phi) is 8.38. The first-order chi connectivity index (χ1) is 21.5. The number of rotatable bonds is 9. The van der Waals surface area contributed by atoms with Crippen LogP contribution in [0.2, 0.25) is 0 Å². The molecule has 2 aliphatic heterocycles. The normalized spacial score (nSPS) is 21.7. The topological polar surface area (TPSA) is 125 Å². The molecule has 0 amide bonds. The van der Waals surface area contributed by atoms with E-state index in [-0.39, 0.29) is 23.5 Å². The second-order valence-electron chi connectivity index (χ2n) is 11.8. The van der Waals surface area contributed by atoms with Crippen molar-refractivity contribution >= 4 is 21.5 Å². The number of para-hydroxylation sites is 1. The van der Waals surface area contributed by atoms with E-state index in [9.17, 15) is 17.6 Å². The van der Waals surface area contributed by atoms with E-state index in [0.717, 1.165) is 28.7 Å². The number of halogens is 1. The molecule has 3 heterocycles. The van der Waals surface area contributed by atoms with E-state index in [1.165, 1.54) is 12.1 Å². The number of hydrogen-bond donors (Lipinski definition) is 4. The van der Waals surface area contributed by atoms with Crippen LogP contribution in [0.5, 0.6) is 11.6 Å². The number of fused-ring (bicyclic) bond motifs is 1. The van der Waals surface area contributed by atoms with Crippen LogP contribution in [0.4, 0.5) is 10.1 Å². The van der Waals surface area contributed by atoms with Crippen LogP contribution in [0.3, 0.4) is 0 Å². The summed E-state index contributed by atoms with van der Waals surface area (Å²) >= 11 is 0. The predicted molar refractivity (Wildman–Crippen MR) is 171 cm³/mol. The number of hydrazine groups is 1. The molecule has 10 nitrogen and oxygen atoms in total. The highest BCUT2D eigenvalue weighted by Gasteiger charge is 2.39. The van der Waals surface area contributed by atoms with Crippen LogP contribution in [0.25, 0.3) is 0 Å². The van der Waals surface area contributed by atoms with Gasteiger partial charge in [-0.25, -0.2) is 23.2 Å². The summed E-state index contributed by atoms with van der Waals surface area (Å²) in [6.45, 7) is 6.04. The number of ether oxygens (including phenoxy) is 1. The molecule has 4 N–H and O–H groups in total. The van der Waals surface area contributed by atoms with Crippen molar-refractivity contribution in [3.63, 3.8) is 0 Å². The fraction of sp³-hybridized carbons (Fsp3) is 0.333. The first kappa shape index (κ1) is 30.8. The lowest BCUT2D eigenvalue weighted by Crippen LogP contribution is -2.39. The highest BCUT2D eigenvalue weighted by atomic mass is 32.2. The number of nitrogens with zero attached hydrogens (tertiary/aromatic N) is 2. The van der Waals surface area contributed by atoms with Gasteiger partial charge in [-0.3, -0.25) is 19.8 Å². The summed E-state index contributed by atoms with van der Waals surface area (Å²) in [7, 11) is -1.93. The maximum Gasteiger partial charge on any atom is 0.261 e. The van der Waals surface area contributed by atoms with Crippen molar-refractivity contribution in [1.82, 2.24) is 25.8 Å². The first-order valence-electron chi connectivity index (χ1n) is 15.0. The molecule has 236 valence electrons. The van der Waals surface area contributed by atoms with Gasteiger partial charge in [0.1, 0.15) is 5.82 Å². The minimum Gasteiger partial charge on any atom is -0.436 e. The molecule has 6 rings (SSSR count). The number of aryl methyl sites for hydroxylation is 1. The fourth-order valence-electron chi connectivity index (χ4n) is 6.17. The molecule has 0 unspecified atom stereocenters. The molecule has 1 fully saturated rings. The largest absolute Gasteiger partial charge is 0.436 e. The molecule has 0 saturated carbocycles. The van der Waals surface area contributed by atoms with Crippen molar-refractivity contribution in [3.05, 3.63) is 105 Å². The van der Waals surface area contributed by atoms with Crippen LogP contribution in [-0.4, -0.2) is 44.9 Å². The average Bonchev–Trinajstić information content (AvgIpc) is 3.62. The number of aromatic nitrogens is 1. The van der Waals surface area contributed by atoms with Gasteiger partial charge in [0.2, 0.25) is 5.88 Å². The smallest absolute Gasteiger partial charge is 0.261 e. The Morgan fingerprint density at radius 1 is 1.16 bits per heavy atom. The Morgan fingerprint density at radius 2 is 1.96 bits per heavy atom. The standard InChI is InChI=1S/C33H37FN6O4S/c1-19-8-7-9-23(12-19)45(42,43)39-26-16-27-22(13-20(26)2)15-28(38-27)32(41)24-17-37-40(33(24)35-4)29-18-36-31(14-21(29)3)44-30-11-6-5-10-25(30)34/h5-6,9-14,18,27-28,35,37-39H,7-8,15-17H2,1-4H3/t27-,28-/m1/s1. The summed E-state index contributed by atoms with van der Waals surface area (Å²) in [5.74, 6) is 0.442. The Labute approximate surface area is 262 Å². The second-order valence-corrected chi connectivity index (χ2v) is 13.4. The van der Waals surface area contributed by atoms with Crippen LogP contribution in [-0.2, 0) is 14.8 Å². The molecule has 1 aromatic heterocycles. The van der Waals surface area contributed by atoms with Crippen molar-refractivity contribution in [2.24, 2.45) is 0 Å². The van der Waals surface area contributed by atoms with Gasteiger partial charge in [-0.05, 0) is 69.4 Å². The Bertz CT molecular complexity index is 1830. The molecule has 0 spiro atoms. The lowest BCUT2D eigenvalue weighted by molar-refractivity contribution is -0.117. The zero-order valence-electron chi connectivity index (χ0n) is 25.7. The molecule has 2 aromatic rings. The number of Topliss-reactive ketones (excluding diaryl/α,β-unsaturated/α-hetero) is 1. The summed E-state index contributed by atoms with van der Waals surface area (Å²) in [5.41, 5.74) is 9.02. The van der Waals surface area contributed by atoms with E-state index in [4.69, 9.17) is 4.74 Å². The van der Waals surface area contributed by atoms with Crippen LogP contribution < -0.4 is 30.5 Å². The molecular formula is C33H37FN6O4S.